The number of aromatic nitrogens is 1. The average Bonchev–Trinajstić information content (AvgIpc) is 2.81. The van der Waals surface area contributed by atoms with Crippen LogP contribution >= 0.6 is 11.6 Å². The molecule has 0 saturated heterocycles. The molecule has 0 aliphatic rings. The van der Waals surface area contributed by atoms with Gasteiger partial charge in [0.25, 0.3) is 10.0 Å². The van der Waals surface area contributed by atoms with Crippen molar-refractivity contribution in [3.05, 3.63) is 58.7 Å². The molecule has 0 fully saturated rings. The molecular weight excluding hydrogens is 346 g/mol. The van der Waals surface area contributed by atoms with Gasteiger partial charge in [-0.2, -0.15) is 0 Å². The minimum absolute atomic E-state index is 0.242. The number of nitrogens with zero attached hydrogens (tertiary/aromatic N) is 1. The highest BCUT2D eigenvalue weighted by Crippen LogP contribution is 2.37. The molecule has 3 aromatic rings. The summed E-state index contributed by atoms with van der Waals surface area (Å²) in [6, 6.07) is 11.9. The fourth-order valence-corrected chi connectivity index (χ4v) is 4.51. The predicted molar refractivity (Wildman–Crippen MR) is 96.6 cm³/mol. The maximum atomic E-state index is 13.2. The fraction of sp³-hybridized carbons (Fsp3) is 0.222. The first-order valence-electron chi connectivity index (χ1n) is 7.62. The van der Waals surface area contributed by atoms with E-state index in [-0.39, 0.29) is 4.90 Å². The molecule has 0 amide bonds. The van der Waals surface area contributed by atoms with Gasteiger partial charge in [-0.25, -0.2) is 12.4 Å². The van der Waals surface area contributed by atoms with Crippen LogP contribution in [0.3, 0.4) is 0 Å². The molecule has 126 valence electrons. The maximum absolute atomic E-state index is 13.2. The van der Waals surface area contributed by atoms with Gasteiger partial charge in [0.2, 0.25) is 0 Å². The van der Waals surface area contributed by atoms with Crippen molar-refractivity contribution in [3.63, 3.8) is 0 Å². The van der Waals surface area contributed by atoms with E-state index in [1.54, 1.807) is 49.4 Å². The average molecular weight is 364 g/mol. The van der Waals surface area contributed by atoms with Crippen LogP contribution in [-0.2, 0) is 10.0 Å². The predicted octanol–water partition coefficient (Wildman–Crippen LogP) is 4.55. The van der Waals surface area contributed by atoms with Gasteiger partial charge < -0.3 is 4.74 Å². The lowest BCUT2D eigenvalue weighted by molar-refractivity contribution is 0.341. The standard InChI is InChI=1S/C18H18ClNO3S/c1-4-23-18-13(3)20(17-10-7-14(19)11-16(17)18)24(21,22)15-8-5-12(2)6-9-15/h5-11H,4H2,1-3H3. The zero-order valence-corrected chi connectivity index (χ0v) is 15.3. The Kier molecular flexibility index (Phi) is 4.32. The Morgan fingerprint density at radius 3 is 2.38 bits per heavy atom. The van der Waals surface area contributed by atoms with Gasteiger partial charge in [-0.15, -0.1) is 0 Å². The number of rotatable bonds is 4. The molecule has 1 aromatic heterocycles. The lowest BCUT2D eigenvalue weighted by Crippen LogP contribution is -2.14. The molecule has 24 heavy (non-hydrogen) atoms. The Labute approximate surface area is 146 Å². The summed E-state index contributed by atoms with van der Waals surface area (Å²) in [5, 5.41) is 1.23. The van der Waals surface area contributed by atoms with Crippen LogP contribution in [0.4, 0.5) is 0 Å². The van der Waals surface area contributed by atoms with Gasteiger partial charge in [0.15, 0.2) is 0 Å². The maximum Gasteiger partial charge on any atom is 0.268 e. The molecule has 3 rings (SSSR count). The molecule has 0 N–H and O–H groups in total. The number of aryl methyl sites for hydroxylation is 1. The largest absolute Gasteiger partial charge is 0.491 e. The summed E-state index contributed by atoms with van der Waals surface area (Å²) in [7, 11) is -3.73. The molecule has 0 radical (unpaired) electrons. The molecule has 0 bridgehead atoms. The van der Waals surface area contributed by atoms with Crippen LogP contribution in [0.15, 0.2) is 47.4 Å². The highest BCUT2D eigenvalue weighted by molar-refractivity contribution is 7.90. The normalized spacial score (nSPS) is 11.8. The Balaban J connectivity index is 2.33. The molecule has 6 heteroatoms. The Hall–Kier alpha value is -1.98. The summed E-state index contributed by atoms with van der Waals surface area (Å²) in [6.07, 6.45) is 0. The van der Waals surface area contributed by atoms with Gasteiger partial charge in [-0.3, -0.25) is 0 Å². The summed E-state index contributed by atoms with van der Waals surface area (Å²) >= 11 is 6.09. The van der Waals surface area contributed by atoms with Crippen LogP contribution < -0.4 is 4.74 Å². The molecule has 1 heterocycles. The van der Waals surface area contributed by atoms with Gasteiger partial charge in [0.1, 0.15) is 5.75 Å². The molecule has 0 spiro atoms. The van der Waals surface area contributed by atoms with Crippen molar-refractivity contribution in [2.24, 2.45) is 0 Å². The lowest BCUT2D eigenvalue weighted by Gasteiger charge is -2.10. The van der Waals surface area contributed by atoms with Gasteiger partial charge in [0.05, 0.1) is 22.7 Å². The zero-order valence-electron chi connectivity index (χ0n) is 13.7. The minimum atomic E-state index is -3.73. The van der Waals surface area contributed by atoms with E-state index >= 15 is 0 Å². The molecule has 0 saturated carbocycles. The van der Waals surface area contributed by atoms with Crippen molar-refractivity contribution in [2.75, 3.05) is 6.61 Å². The number of ether oxygens (including phenoxy) is 1. The van der Waals surface area contributed by atoms with E-state index in [0.29, 0.717) is 34.0 Å². The number of benzene rings is 2. The van der Waals surface area contributed by atoms with E-state index in [2.05, 4.69) is 0 Å². The molecule has 0 unspecified atom stereocenters. The van der Waals surface area contributed by atoms with Crippen LogP contribution in [-0.4, -0.2) is 19.0 Å². The van der Waals surface area contributed by atoms with Crippen molar-refractivity contribution >= 4 is 32.5 Å². The zero-order chi connectivity index (χ0) is 17.5. The smallest absolute Gasteiger partial charge is 0.268 e. The van der Waals surface area contributed by atoms with Crippen LogP contribution in [0, 0.1) is 13.8 Å². The lowest BCUT2D eigenvalue weighted by atomic mass is 10.2. The number of halogens is 1. The third kappa shape index (κ3) is 2.68. The molecule has 4 nitrogen and oxygen atoms in total. The molecule has 0 aliphatic carbocycles. The number of hydrogen-bond donors (Lipinski definition) is 0. The van der Waals surface area contributed by atoms with Crippen LogP contribution in [0.25, 0.3) is 10.9 Å². The van der Waals surface area contributed by atoms with Crippen molar-refractivity contribution in [1.29, 1.82) is 0 Å². The third-order valence-electron chi connectivity index (χ3n) is 3.90. The summed E-state index contributed by atoms with van der Waals surface area (Å²) in [5.41, 5.74) is 2.10. The highest BCUT2D eigenvalue weighted by atomic mass is 35.5. The minimum Gasteiger partial charge on any atom is -0.491 e. The van der Waals surface area contributed by atoms with Crippen LogP contribution in [0.5, 0.6) is 5.75 Å². The van der Waals surface area contributed by atoms with Crippen molar-refractivity contribution < 1.29 is 13.2 Å². The van der Waals surface area contributed by atoms with E-state index in [1.807, 2.05) is 13.8 Å². The molecular formula is C18H18ClNO3S. The summed E-state index contributed by atoms with van der Waals surface area (Å²) < 4.78 is 33.3. The quantitative estimate of drug-likeness (QED) is 0.683. The number of hydrogen-bond acceptors (Lipinski definition) is 3. The van der Waals surface area contributed by atoms with Crippen molar-refractivity contribution in [3.8, 4) is 5.75 Å². The first-order chi connectivity index (χ1) is 11.4. The van der Waals surface area contributed by atoms with Crippen molar-refractivity contribution in [2.45, 2.75) is 25.7 Å². The Morgan fingerprint density at radius 1 is 1.08 bits per heavy atom. The topological polar surface area (TPSA) is 48.3 Å². The summed E-state index contributed by atoms with van der Waals surface area (Å²) in [5.74, 6) is 0.547. The van der Waals surface area contributed by atoms with E-state index in [1.165, 1.54) is 3.97 Å². The first kappa shape index (κ1) is 16.9. The van der Waals surface area contributed by atoms with E-state index < -0.39 is 10.0 Å². The molecule has 2 aromatic carbocycles. The van der Waals surface area contributed by atoms with Gasteiger partial charge in [-0.1, -0.05) is 29.3 Å². The van der Waals surface area contributed by atoms with Gasteiger partial charge >= 0.3 is 0 Å². The van der Waals surface area contributed by atoms with E-state index in [9.17, 15) is 8.42 Å². The fourth-order valence-electron chi connectivity index (χ4n) is 2.79. The first-order valence-corrected chi connectivity index (χ1v) is 9.43. The summed E-state index contributed by atoms with van der Waals surface area (Å²) in [6.45, 7) is 5.96. The molecule has 0 atom stereocenters. The molecule has 0 aliphatic heterocycles. The van der Waals surface area contributed by atoms with Crippen LogP contribution in [0.2, 0.25) is 5.02 Å². The second kappa shape index (κ2) is 6.15. The monoisotopic (exact) mass is 363 g/mol. The second-order valence-corrected chi connectivity index (χ2v) is 7.81. The summed E-state index contributed by atoms with van der Waals surface area (Å²) in [4.78, 5) is 0.242. The Bertz CT molecular complexity index is 1000. The highest BCUT2D eigenvalue weighted by Gasteiger charge is 2.25. The van der Waals surface area contributed by atoms with Gasteiger partial charge in [0, 0.05) is 10.4 Å². The van der Waals surface area contributed by atoms with Gasteiger partial charge in [-0.05, 0) is 51.1 Å². The second-order valence-electron chi connectivity index (χ2n) is 5.59. The van der Waals surface area contributed by atoms with Crippen LogP contribution in [0.1, 0.15) is 18.2 Å². The van der Waals surface area contributed by atoms with Crippen molar-refractivity contribution in [1.82, 2.24) is 3.97 Å². The number of fused-ring (bicyclic) bond motifs is 1. The SMILES string of the molecule is CCOc1c(C)n(S(=O)(=O)c2ccc(C)cc2)c2ccc(Cl)cc12. The van der Waals surface area contributed by atoms with E-state index in [0.717, 1.165) is 5.56 Å². The third-order valence-corrected chi connectivity index (χ3v) is 5.96. The van der Waals surface area contributed by atoms with E-state index in [4.69, 9.17) is 16.3 Å². The Morgan fingerprint density at radius 2 is 1.75 bits per heavy atom.